The van der Waals surface area contributed by atoms with Crippen LogP contribution < -0.4 is 0 Å². The molecular formula is C16H20O4. The van der Waals surface area contributed by atoms with Crippen LogP contribution in [0.2, 0.25) is 0 Å². The first-order valence-corrected chi connectivity index (χ1v) is 7.33. The van der Waals surface area contributed by atoms with Gasteiger partial charge in [-0.05, 0) is 48.7 Å². The Morgan fingerprint density at radius 2 is 1.30 bits per heavy atom. The molecular weight excluding hydrogens is 256 g/mol. The van der Waals surface area contributed by atoms with Crippen LogP contribution in [0.4, 0.5) is 0 Å². The molecule has 0 aliphatic heterocycles. The summed E-state index contributed by atoms with van der Waals surface area (Å²) in [5, 5.41) is 0. The van der Waals surface area contributed by atoms with Crippen molar-refractivity contribution in [2.45, 2.75) is 39.5 Å². The maximum absolute atomic E-state index is 11.0. The Balaban J connectivity index is 1.73. The summed E-state index contributed by atoms with van der Waals surface area (Å²) < 4.78 is 10.5. The average molecular weight is 276 g/mol. The van der Waals surface area contributed by atoms with Gasteiger partial charge in [-0.25, -0.2) is 0 Å². The zero-order valence-corrected chi connectivity index (χ0v) is 11.9. The average Bonchev–Trinajstić information content (AvgIpc) is 2.36. The van der Waals surface area contributed by atoms with Gasteiger partial charge in [-0.1, -0.05) is 0 Å². The van der Waals surface area contributed by atoms with Gasteiger partial charge in [-0.3, -0.25) is 9.59 Å². The topological polar surface area (TPSA) is 52.6 Å². The second-order valence-corrected chi connectivity index (χ2v) is 6.01. The Bertz CT molecular complexity index is 457. The summed E-state index contributed by atoms with van der Waals surface area (Å²) in [4.78, 5) is 22.1. The molecule has 0 unspecified atom stereocenters. The van der Waals surface area contributed by atoms with Gasteiger partial charge in [-0.2, -0.15) is 0 Å². The van der Waals surface area contributed by atoms with Crippen molar-refractivity contribution in [3.63, 3.8) is 0 Å². The first-order valence-electron chi connectivity index (χ1n) is 7.33. The van der Waals surface area contributed by atoms with Gasteiger partial charge in [0.2, 0.25) is 0 Å². The van der Waals surface area contributed by atoms with Crippen molar-refractivity contribution in [2.24, 2.45) is 23.7 Å². The Hall–Kier alpha value is -1.58. The summed E-state index contributed by atoms with van der Waals surface area (Å²) in [5.74, 6) is 3.41. The first-order chi connectivity index (χ1) is 9.54. The van der Waals surface area contributed by atoms with Crippen LogP contribution in [0.1, 0.15) is 39.5 Å². The van der Waals surface area contributed by atoms with E-state index in [-0.39, 0.29) is 11.9 Å². The van der Waals surface area contributed by atoms with Gasteiger partial charge >= 0.3 is 11.9 Å². The molecule has 0 aromatic carbocycles. The van der Waals surface area contributed by atoms with E-state index in [1.165, 1.54) is 13.8 Å². The molecule has 3 rings (SSSR count). The van der Waals surface area contributed by atoms with Crippen LogP contribution in [0, 0.1) is 23.7 Å². The van der Waals surface area contributed by atoms with E-state index >= 15 is 0 Å². The lowest BCUT2D eigenvalue weighted by Gasteiger charge is -2.54. The van der Waals surface area contributed by atoms with Crippen molar-refractivity contribution in [1.82, 2.24) is 0 Å². The van der Waals surface area contributed by atoms with Crippen LogP contribution in [0.15, 0.2) is 23.7 Å². The number of rotatable bonds is 2. The lowest BCUT2D eigenvalue weighted by atomic mass is 9.51. The molecule has 20 heavy (non-hydrogen) atoms. The fourth-order valence-electron chi connectivity index (χ4n) is 4.03. The minimum Gasteiger partial charge on any atom is -0.432 e. The number of allylic oxidation sites excluding steroid dienone is 4. The van der Waals surface area contributed by atoms with E-state index in [2.05, 4.69) is 12.2 Å². The Morgan fingerprint density at radius 1 is 0.900 bits per heavy atom. The highest BCUT2D eigenvalue weighted by molar-refractivity contribution is 5.67. The van der Waals surface area contributed by atoms with Crippen molar-refractivity contribution in [2.75, 3.05) is 0 Å². The molecule has 4 nitrogen and oxygen atoms in total. The molecule has 3 aliphatic rings. The van der Waals surface area contributed by atoms with Crippen LogP contribution in [-0.2, 0) is 19.1 Å². The largest absolute Gasteiger partial charge is 0.432 e. The van der Waals surface area contributed by atoms with Crippen LogP contribution in [0.25, 0.3) is 0 Å². The summed E-state index contributed by atoms with van der Waals surface area (Å²) in [7, 11) is 0. The van der Waals surface area contributed by atoms with Gasteiger partial charge in [0, 0.05) is 26.7 Å². The van der Waals surface area contributed by atoms with E-state index in [4.69, 9.17) is 9.47 Å². The Labute approximate surface area is 118 Å². The van der Waals surface area contributed by atoms with Crippen LogP contribution >= 0.6 is 0 Å². The molecule has 3 aliphatic carbocycles. The maximum Gasteiger partial charge on any atom is 0.307 e. The van der Waals surface area contributed by atoms with Gasteiger partial charge in [0.25, 0.3) is 0 Å². The van der Waals surface area contributed by atoms with Gasteiger partial charge in [0.05, 0.1) is 0 Å². The molecule has 0 aromatic heterocycles. The fourth-order valence-corrected chi connectivity index (χ4v) is 4.03. The second kappa shape index (κ2) is 5.08. The molecule has 0 radical (unpaired) electrons. The van der Waals surface area contributed by atoms with E-state index in [1.54, 1.807) is 0 Å². The van der Waals surface area contributed by atoms with Gasteiger partial charge in [-0.15, -0.1) is 0 Å². The highest BCUT2D eigenvalue weighted by atomic mass is 16.5. The molecule has 4 atom stereocenters. The predicted molar refractivity (Wildman–Crippen MR) is 72.1 cm³/mol. The molecule has 0 saturated heterocycles. The number of esters is 2. The molecule has 0 amide bonds. The molecule has 4 heteroatoms. The van der Waals surface area contributed by atoms with E-state index in [1.807, 2.05) is 0 Å². The minimum absolute atomic E-state index is 0.245. The number of fused-ring (bicyclic) bond motifs is 4. The zero-order valence-electron chi connectivity index (χ0n) is 11.9. The summed E-state index contributed by atoms with van der Waals surface area (Å²) in [6, 6.07) is 0. The van der Waals surface area contributed by atoms with Crippen molar-refractivity contribution in [3.05, 3.63) is 23.7 Å². The lowest BCUT2D eigenvalue weighted by molar-refractivity contribution is -0.139. The van der Waals surface area contributed by atoms with Crippen LogP contribution in [0.3, 0.4) is 0 Å². The third-order valence-corrected chi connectivity index (χ3v) is 4.74. The number of hydrogen-bond acceptors (Lipinski definition) is 4. The van der Waals surface area contributed by atoms with E-state index in [9.17, 15) is 9.59 Å². The van der Waals surface area contributed by atoms with Crippen LogP contribution in [0.5, 0.6) is 0 Å². The second-order valence-electron chi connectivity index (χ2n) is 6.01. The molecule has 1 saturated carbocycles. The maximum atomic E-state index is 11.0. The van der Waals surface area contributed by atoms with E-state index in [0.717, 1.165) is 37.2 Å². The third kappa shape index (κ3) is 2.39. The SMILES string of the molecule is CC(=O)OC1=C[C@@H]2[C@H]3C=C(OC(C)=O)CC[C@H]3[C@@H]2CC1. The quantitative estimate of drug-likeness (QED) is 0.728. The van der Waals surface area contributed by atoms with Crippen molar-refractivity contribution in [1.29, 1.82) is 0 Å². The molecule has 0 aromatic rings. The predicted octanol–water partition coefficient (Wildman–Crippen LogP) is 2.95. The molecule has 0 spiro atoms. The molecule has 0 heterocycles. The number of carbonyl (C=O) groups excluding carboxylic acids is 2. The summed E-state index contributed by atoms with van der Waals surface area (Å²) in [6.07, 6.45) is 8.16. The molecule has 108 valence electrons. The smallest absolute Gasteiger partial charge is 0.307 e. The van der Waals surface area contributed by atoms with Gasteiger partial charge in [0.15, 0.2) is 0 Å². The zero-order chi connectivity index (χ0) is 14.3. The number of carbonyl (C=O) groups is 2. The summed E-state index contributed by atoms with van der Waals surface area (Å²) >= 11 is 0. The monoisotopic (exact) mass is 276 g/mol. The normalized spacial score (nSPS) is 34.7. The first kappa shape index (κ1) is 13.4. The van der Waals surface area contributed by atoms with Crippen molar-refractivity contribution < 1.29 is 19.1 Å². The molecule has 0 N–H and O–H groups in total. The van der Waals surface area contributed by atoms with E-state index in [0.29, 0.717) is 23.7 Å². The van der Waals surface area contributed by atoms with Gasteiger partial charge < -0.3 is 9.47 Å². The van der Waals surface area contributed by atoms with Crippen LogP contribution in [-0.4, -0.2) is 11.9 Å². The summed E-state index contributed by atoms with van der Waals surface area (Å²) in [5.41, 5.74) is 0. The lowest BCUT2D eigenvalue weighted by Crippen LogP contribution is -2.48. The highest BCUT2D eigenvalue weighted by Crippen LogP contribution is 2.57. The highest BCUT2D eigenvalue weighted by Gasteiger charge is 2.50. The van der Waals surface area contributed by atoms with Gasteiger partial charge in [0.1, 0.15) is 11.5 Å². The van der Waals surface area contributed by atoms with Crippen molar-refractivity contribution in [3.8, 4) is 0 Å². The number of ether oxygens (including phenoxy) is 2. The fraction of sp³-hybridized carbons (Fsp3) is 0.625. The molecule has 0 bridgehead atoms. The minimum atomic E-state index is -0.245. The Morgan fingerprint density at radius 3 is 1.65 bits per heavy atom. The summed E-state index contributed by atoms with van der Waals surface area (Å²) in [6.45, 7) is 2.88. The number of hydrogen-bond donors (Lipinski definition) is 0. The molecule has 1 fully saturated rings. The standard InChI is InChI=1S/C16H20O4/c1-9(17)19-11-3-5-13-14-6-4-12(20-10(2)18)8-16(14)15(13)7-11/h7-8,13-16H,3-6H2,1-2H3/t13-,14-,15-,16-/m0/s1. The Kier molecular flexibility index (Phi) is 3.40. The van der Waals surface area contributed by atoms with Crippen molar-refractivity contribution >= 4 is 11.9 Å². The third-order valence-electron chi connectivity index (χ3n) is 4.74. The van der Waals surface area contributed by atoms with E-state index < -0.39 is 0 Å².